The molecule has 3 N–H and O–H groups in total. The molecule has 0 amide bonds. The lowest BCUT2D eigenvalue weighted by atomic mass is 9.92. The van der Waals surface area contributed by atoms with Crippen LogP contribution in [0.3, 0.4) is 0 Å². The summed E-state index contributed by atoms with van der Waals surface area (Å²) >= 11 is 0. The van der Waals surface area contributed by atoms with Crippen LogP contribution in [-0.2, 0) is 0 Å². The summed E-state index contributed by atoms with van der Waals surface area (Å²) in [6.45, 7) is 0.214. The highest BCUT2D eigenvalue weighted by Crippen LogP contribution is 2.30. The second kappa shape index (κ2) is 5.12. The van der Waals surface area contributed by atoms with E-state index in [0.29, 0.717) is 11.3 Å². The van der Waals surface area contributed by atoms with Crippen LogP contribution in [0.25, 0.3) is 0 Å². The van der Waals surface area contributed by atoms with Gasteiger partial charge in [-0.15, -0.1) is 0 Å². The summed E-state index contributed by atoms with van der Waals surface area (Å²) in [5, 5.41) is 10.1. The zero-order valence-electron chi connectivity index (χ0n) is 9.21. The van der Waals surface area contributed by atoms with Crippen molar-refractivity contribution in [3.05, 3.63) is 59.8 Å². The summed E-state index contributed by atoms with van der Waals surface area (Å²) < 4.78 is 18.3. The summed E-state index contributed by atoms with van der Waals surface area (Å²) in [7, 11) is 0. The van der Waals surface area contributed by atoms with Crippen LogP contribution in [0, 0.1) is 5.82 Å². The van der Waals surface area contributed by atoms with Crippen molar-refractivity contribution < 1.29 is 13.9 Å². The number of hydrogen-bond acceptors (Lipinski definition) is 3. The minimum Gasteiger partial charge on any atom is -0.467 e. The largest absolute Gasteiger partial charge is 0.467 e. The molecular formula is C13H14FNO2. The molecule has 0 aliphatic carbocycles. The topological polar surface area (TPSA) is 59.4 Å². The van der Waals surface area contributed by atoms with Gasteiger partial charge in [0, 0.05) is 12.5 Å². The van der Waals surface area contributed by atoms with E-state index in [9.17, 15) is 9.50 Å². The fourth-order valence-electron chi connectivity index (χ4n) is 1.84. The van der Waals surface area contributed by atoms with Crippen LogP contribution in [-0.4, -0.2) is 11.7 Å². The lowest BCUT2D eigenvalue weighted by Gasteiger charge is -2.20. The molecule has 90 valence electrons. The Kier molecular flexibility index (Phi) is 3.56. The van der Waals surface area contributed by atoms with Crippen molar-refractivity contribution in [2.24, 2.45) is 5.73 Å². The maximum atomic E-state index is 13.1. The molecule has 2 aromatic rings. The van der Waals surface area contributed by atoms with Crippen LogP contribution in [0.1, 0.15) is 23.3 Å². The quantitative estimate of drug-likeness (QED) is 0.854. The second-order valence-electron chi connectivity index (χ2n) is 3.86. The predicted octanol–water partition coefficient (Wildman–Crippen LogP) is 2.19. The Balaban J connectivity index is 2.27. The van der Waals surface area contributed by atoms with Crippen molar-refractivity contribution in [3.8, 4) is 0 Å². The van der Waals surface area contributed by atoms with Crippen molar-refractivity contribution in [2.45, 2.75) is 12.0 Å². The zero-order chi connectivity index (χ0) is 12.3. The van der Waals surface area contributed by atoms with Gasteiger partial charge in [0.1, 0.15) is 17.7 Å². The van der Waals surface area contributed by atoms with Crippen molar-refractivity contribution in [1.29, 1.82) is 0 Å². The fraction of sp³-hybridized carbons (Fsp3) is 0.231. The molecule has 2 rings (SSSR count). The fourth-order valence-corrected chi connectivity index (χ4v) is 1.84. The van der Waals surface area contributed by atoms with E-state index in [4.69, 9.17) is 10.2 Å². The molecule has 0 saturated carbocycles. The van der Waals surface area contributed by atoms with E-state index in [1.165, 1.54) is 18.4 Å². The number of aliphatic hydroxyl groups is 1. The first kappa shape index (κ1) is 11.8. The van der Waals surface area contributed by atoms with E-state index in [-0.39, 0.29) is 18.3 Å². The molecule has 4 heteroatoms. The number of halogens is 1. The Morgan fingerprint density at radius 3 is 2.71 bits per heavy atom. The minimum atomic E-state index is -0.864. The second-order valence-corrected chi connectivity index (χ2v) is 3.86. The third-order valence-electron chi connectivity index (χ3n) is 2.75. The molecule has 0 saturated heterocycles. The van der Waals surface area contributed by atoms with Gasteiger partial charge in [0.2, 0.25) is 0 Å². The molecule has 1 heterocycles. The first-order chi connectivity index (χ1) is 8.22. The molecule has 3 nitrogen and oxygen atoms in total. The number of benzene rings is 1. The average molecular weight is 235 g/mol. The smallest absolute Gasteiger partial charge is 0.132 e. The molecule has 0 radical (unpaired) electrons. The molecule has 0 fully saturated rings. The van der Waals surface area contributed by atoms with Gasteiger partial charge >= 0.3 is 0 Å². The van der Waals surface area contributed by atoms with Crippen LogP contribution in [0.2, 0.25) is 0 Å². The minimum absolute atomic E-state index is 0.214. The molecule has 0 aliphatic rings. The molecule has 0 aliphatic heterocycles. The van der Waals surface area contributed by atoms with E-state index in [0.717, 1.165) is 0 Å². The van der Waals surface area contributed by atoms with Crippen molar-refractivity contribution in [2.75, 3.05) is 6.54 Å². The molecule has 2 atom stereocenters. The molecule has 1 aromatic carbocycles. The van der Waals surface area contributed by atoms with Gasteiger partial charge in [-0.25, -0.2) is 4.39 Å². The Morgan fingerprint density at radius 2 is 2.12 bits per heavy atom. The number of rotatable bonds is 4. The lowest BCUT2D eigenvalue weighted by molar-refractivity contribution is 0.122. The van der Waals surface area contributed by atoms with Gasteiger partial charge in [-0.05, 0) is 29.8 Å². The highest BCUT2D eigenvalue weighted by molar-refractivity contribution is 5.24. The Morgan fingerprint density at radius 1 is 1.29 bits per heavy atom. The average Bonchev–Trinajstić information content (AvgIpc) is 2.83. The highest BCUT2D eigenvalue weighted by Gasteiger charge is 2.23. The molecule has 1 aromatic heterocycles. The Bertz CT molecular complexity index is 470. The van der Waals surface area contributed by atoms with Crippen LogP contribution in [0.4, 0.5) is 4.39 Å². The SMILES string of the molecule is NCC(c1cccc(F)c1)C(O)c1ccco1. The van der Waals surface area contributed by atoms with Gasteiger partial charge in [-0.1, -0.05) is 12.1 Å². The summed E-state index contributed by atoms with van der Waals surface area (Å²) in [5.74, 6) is -0.283. The molecule has 0 spiro atoms. The van der Waals surface area contributed by atoms with E-state index < -0.39 is 6.10 Å². The molecule has 0 bridgehead atoms. The third-order valence-corrected chi connectivity index (χ3v) is 2.75. The highest BCUT2D eigenvalue weighted by atomic mass is 19.1. The maximum absolute atomic E-state index is 13.1. The number of hydrogen-bond donors (Lipinski definition) is 2. The Hall–Kier alpha value is -1.65. The van der Waals surface area contributed by atoms with Gasteiger partial charge in [-0.2, -0.15) is 0 Å². The van der Waals surface area contributed by atoms with E-state index in [1.54, 1.807) is 24.3 Å². The zero-order valence-corrected chi connectivity index (χ0v) is 9.21. The van der Waals surface area contributed by atoms with Crippen molar-refractivity contribution in [1.82, 2.24) is 0 Å². The number of nitrogens with two attached hydrogens (primary N) is 1. The molecule has 17 heavy (non-hydrogen) atoms. The van der Waals surface area contributed by atoms with E-state index >= 15 is 0 Å². The normalized spacial score (nSPS) is 14.5. The lowest BCUT2D eigenvalue weighted by Crippen LogP contribution is -2.20. The summed E-state index contributed by atoms with van der Waals surface area (Å²) in [5.41, 5.74) is 6.30. The molecular weight excluding hydrogens is 221 g/mol. The van der Waals surface area contributed by atoms with E-state index in [1.807, 2.05) is 0 Å². The van der Waals surface area contributed by atoms with Crippen molar-refractivity contribution >= 4 is 0 Å². The van der Waals surface area contributed by atoms with Gasteiger partial charge in [0.25, 0.3) is 0 Å². The van der Waals surface area contributed by atoms with Gasteiger partial charge in [0.15, 0.2) is 0 Å². The Labute approximate surface area is 98.7 Å². The molecule has 2 unspecified atom stereocenters. The van der Waals surface area contributed by atoms with Gasteiger partial charge in [0.05, 0.1) is 6.26 Å². The first-order valence-corrected chi connectivity index (χ1v) is 5.39. The first-order valence-electron chi connectivity index (χ1n) is 5.39. The monoisotopic (exact) mass is 235 g/mol. The standard InChI is InChI=1S/C13H14FNO2/c14-10-4-1-3-9(7-10)11(8-15)13(16)12-5-2-6-17-12/h1-7,11,13,16H,8,15H2. The van der Waals surface area contributed by atoms with Crippen LogP contribution in [0.15, 0.2) is 47.1 Å². The summed E-state index contributed by atoms with van der Waals surface area (Å²) in [4.78, 5) is 0. The van der Waals surface area contributed by atoms with Crippen LogP contribution in [0.5, 0.6) is 0 Å². The summed E-state index contributed by atoms with van der Waals surface area (Å²) in [6.07, 6.45) is 0.620. The third kappa shape index (κ3) is 2.54. The maximum Gasteiger partial charge on any atom is 0.132 e. The van der Waals surface area contributed by atoms with Crippen LogP contribution < -0.4 is 5.73 Å². The van der Waals surface area contributed by atoms with Gasteiger partial charge < -0.3 is 15.3 Å². The van der Waals surface area contributed by atoms with Crippen molar-refractivity contribution in [3.63, 3.8) is 0 Å². The number of furan rings is 1. The van der Waals surface area contributed by atoms with E-state index in [2.05, 4.69) is 0 Å². The van der Waals surface area contributed by atoms with Crippen LogP contribution >= 0.6 is 0 Å². The van der Waals surface area contributed by atoms with Gasteiger partial charge in [-0.3, -0.25) is 0 Å². The number of aliphatic hydroxyl groups excluding tert-OH is 1. The summed E-state index contributed by atoms with van der Waals surface area (Å²) in [6, 6.07) is 9.44. The predicted molar refractivity (Wildman–Crippen MR) is 61.9 cm³/mol.